The molecule has 2 aliphatic rings. The maximum absolute atomic E-state index is 13.1. The van der Waals surface area contributed by atoms with Crippen LogP contribution in [0.2, 0.25) is 5.02 Å². The number of anilines is 1. The molecule has 1 aromatic carbocycles. The second-order valence-electron chi connectivity index (χ2n) is 6.87. The summed E-state index contributed by atoms with van der Waals surface area (Å²) in [6.07, 6.45) is 2.04. The molecular formula is C22H20ClN3OS2. The Morgan fingerprint density at radius 2 is 2.07 bits per heavy atom. The second kappa shape index (κ2) is 8.27. The number of hydrogen-bond acceptors (Lipinski definition) is 6. The van der Waals surface area contributed by atoms with E-state index in [2.05, 4.69) is 19.1 Å². The van der Waals surface area contributed by atoms with Gasteiger partial charge in [0.25, 0.3) is 0 Å². The number of nitrogens with zero attached hydrogens (tertiary/aromatic N) is 2. The van der Waals surface area contributed by atoms with Gasteiger partial charge in [0.05, 0.1) is 17.6 Å². The summed E-state index contributed by atoms with van der Waals surface area (Å²) < 4.78 is 0. The molecule has 0 radical (unpaired) electrons. The highest BCUT2D eigenvalue weighted by molar-refractivity contribution is 7.99. The molecule has 1 aliphatic heterocycles. The molecule has 0 saturated carbocycles. The van der Waals surface area contributed by atoms with E-state index in [1.807, 2.05) is 22.4 Å². The number of carbonyl (C=O) groups excluding carboxylic acids is 1. The summed E-state index contributed by atoms with van der Waals surface area (Å²) in [6.45, 7) is 2.10. The Balaban J connectivity index is 1.94. The smallest absolute Gasteiger partial charge is 0.161 e. The Bertz CT molecular complexity index is 1060. The Labute approximate surface area is 183 Å². The number of Topliss-reactive ketones (excluding diaryl/α,β-unsaturated/α-hetero) is 1. The van der Waals surface area contributed by atoms with Crippen molar-refractivity contribution in [3.8, 4) is 6.07 Å². The van der Waals surface area contributed by atoms with Crippen molar-refractivity contribution in [1.82, 2.24) is 0 Å². The molecule has 4 nitrogen and oxygen atoms in total. The maximum atomic E-state index is 13.1. The number of nitriles is 1. The summed E-state index contributed by atoms with van der Waals surface area (Å²) in [5, 5.41) is 12.7. The van der Waals surface area contributed by atoms with E-state index in [4.69, 9.17) is 17.3 Å². The third-order valence-electron chi connectivity index (χ3n) is 5.22. The van der Waals surface area contributed by atoms with Crippen molar-refractivity contribution in [2.75, 3.05) is 10.7 Å². The van der Waals surface area contributed by atoms with Gasteiger partial charge in [-0.15, -0.1) is 23.1 Å². The summed E-state index contributed by atoms with van der Waals surface area (Å²) in [4.78, 5) is 17.2. The fourth-order valence-corrected chi connectivity index (χ4v) is 6.20. The lowest BCUT2D eigenvalue weighted by Gasteiger charge is -2.39. The van der Waals surface area contributed by atoms with Crippen molar-refractivity contribution in [1.29, 1.82) is 5.26 Å². The van der Waals surface area contributed by atoms with Crippen LogP contribution in [0.3, 0.4) is 0 Å². The van der Waals surface area contributed by atoms with Gasteiger partial charge in [-0.25, -0.2) is 0 Å². The minimum Gasteiger partial charge on any atom is -0.384 e. The monoisotopic (exact) mass is 441 g/mol. The van der Waals surface area contributed by atoms with Crippen LogP contribution in [-0.2, 0) is 4.79 Å². The maximum Gasteiger partial charge on any atom is 0.161 e. The predicted molar refractivity (Wildman–Crippen MR) is 120 cm³/mol. The first-order valence-electron chi connectivity index (χ1n) is 9.48. The number of thioether (sulfide) groups is 1. The zero-order valence-corrected chi connectivity index (χ0v) is 18.3. The number of nitrogens with two attached hydrogens (primary N) is 1. The van der Waals surface area contributed by atoms with E-state index in [0.717, 1.165) is 45.3 Å². The summed E-state index contributed by atoms with van der Waals surface area (Å²) in [7, 11) is 0. The van der Waals surface area contributed by atoms with Gasteiger partial charge < -0.3 is 5.73 Å². The molecule has 2 N–H and O–H groups in total. The highest BCUT2D eigenvalue weighted by Gasteiger charge is 2.41. The van der Waals surface area contributed by atoms with Crippen molar-refractivity contribution < 1.29 is 4.79 Å². The van der Waals surface area contributed by atoms with Gasteiger partial charge in [0, 0.05) is 38.2 Å². The molecule has 1 atom stereocenters. The highest BCUT2D eigenvalue weighted by atomic mass is 35.5. The highest BCUT2D eigenvalue weighted by Crippen LogP contribution is 2.49. The standard InChI is InChI=1S/C22H20ClN3OS2/c1-2-28-18-10-11-29-21(18)19-15(12-24)22(25)26(14-8-6-13(23)7-9-14)16-4-3-5-17(27)20(16)19/h6-11,19H,2-5,25H2,1H3/t19-/m0/s1. The quantitative estimate of drug-likeness (QED) is 0.605. The number of thiophene rings is 1. The number of carbonyl (C=O) groups is 1. The van der Waals surface area contributed by atoms with Gasteiger partial charge in [-0.3, -0.25) is 9.69 Å². The van der Waals surface area contributed by atoms with Crippen LogP contribution in [0, 0.1) is 11.3 Å². The van der Waals surface area contributed by atoms with Crippen molar-refractivity contribution in [2.24, 2.45) is 5.73 Å². The van der Waals surface area contributed by atoms with Gasteiger partial charge in [-0.05, 0) is 54.3 Å². The normalized spacial score (nSPS) is 19.4. The zero-order chi connectivity index (χ0) is 20.5. The molecule has 2 heterocycles. The summed E-state index contributed by atoms with van der Waals surface area (Å²) in [5.41, 5.74) is 9.46. The van der Waals surface area contributed by atoms with Crippen LogP contribution < -0.4 is 10.6 Å². The largest absolute Gasteiger partial charge is 0.384 e. The first-order chi connectivity index (χ1) is 14.1. The van der Waals surface area contributed by atoms with Crippen LogP contribution in [0.15, 0.2) is 63.3 Å². The van der Waals surface area contributed by atoms with Crippen molar-refractivity contribution in [3.63, 3.8) is 0 Å². The molecule has 148 valence electrons. The number of benzene rings is 1. The average molecular weight is 442 g/mol. The topological polar surface area (TPSA) is 70.1 Å². The number of hydrogen-bond donors (Lipinski definition) is 1. The van der Waals surface area contributed by atoms with Crippen LogP contribution in [0.25, 0.3) is 0 Å². The lowest BCUT2D eigenvalue weighted by molar-refractivity contribution is -0.116. The van der Waals surface area contributed by atoms with Gasteiger partial charge in [-0.2, -0.15) is 5.26 Å². The lowest BCUT2D eigenvalue weighted by atomic mass is 9.78. The van der Waals surface area contributed by atoms with E-state index in [-0.39, 0.29) is 11.7 Å². The Morgan fingerprint density at radius 1 is 1.31 bits per heavy atom. The molecule has 1 aromatic heterocycles. The molecule has 0 fully saturated rings. The summed E-state index contributed by atoms with van der Waals surface area (Å²) >= 11 is 9.38. The minimum atomic E-state index is -0.389. The fourth-order valence-electron chi connectivity index (χ4n) is 4.03. The van der Waals surface area contributed by atoms with Crippen LogP contribution in [0.1, 0.15) is 37.0 Å². The van der Waals surface area contributed by atoms with Gasteiger partial charge in [0.1, 0.15) is 5.82 Å². The van der Waals surface area contributed by atoms with Gasteiger partial charge in [-0.1, -0.05) is 18.5 Å². The first-order valence-corrected chi connectivity index (χ1v) is 11.7. The Kier molecular flexibility index (Phi) is 5.73. The SMILES string of the molecule is CCSc1ccsc1[C@H]1C(C#N)=C(N)N(c2ccc(Cl)cc2)C2=C1C(=O)CCC2. The number of rotatable bonds is 4. The third-order valence-corrected chi connectivity index (χ3v) is 7.54. The van der Waals surface area contributed by atoms with Crippen molar-refractivity contribution >= 4 is 46.2 Å². The summed E-state index contributed by atoms with van der Waals surface area (Å²) in [6, 6.07) is 11.7. The van der Waals surface area contributed by atoms with E-state index in [1.165, 1.54) is 0 Å². The van der Waals surface area contributed by atoms with Crippen LogP contribution in [0.4, 0.5) is 5.69 Å². The Morgan fingerprint density at radius 3 is 2.76 bits per heavy atom. The lowest BCUT2D eigenvalue weighted by Crippen LogP contribution is -2.38. The molecule has 0 bridgehead atoms. The fraction of sp³-hybridized carbons (Fsp3) is 0.273. The van der Waals surface area contributed by atoms with E-state index in [0.29, 0.717) is 22.8 Å². The zero-order valence-electron chi connectivity index (χ0n) is 15.9. The third kappa shape index (κ3) is 3.48. The minimum absolute atomic E-state index is 0.108. The van der Waals surface area contributed by atoms with Gasteiger partial charge >= 0.3 is 0 Å². The number of halogens is 1. The van der Waals surface area contributed by atoms with E-state index >= 15 is 0 Å². The van der Waals surface area contributed by atoms with Crippen LogP contribution >= 0.6 is 34.7 Å². The Hall–Kier alpha value is -2.20. The van der Waals surface area contributed by atoms with E-state index in [1.54, 1.807) is 35.2 Å². The summed E-state index contributed by atoms with van der Waals surface area (Å²) in [5.74, 6) is 1.04. The molecule has 0 saturated heterocycles. The average Bonchev–Trinajstić information content (AvgIpc) is 3.16. The van der Waals surface area contributed by atoms with Gasteiger partial charge in [0.15, 0.2) is 5.78 Å². The molecule has 4 rings (SSSR count). The molecular weight excluding hydrogens is 422 g/mol. The first kappa shape index (κ1) is 20.1. The predicted octanol–water partition coefficient (Wildman–Crippen LogP) is 5.82. The molecule has 7 heteroatoms. The molecule has 0 unspecified atom stereocenters. The molecule has 0 amide bonds. The molecule has 1 aliphatic carbocycles. The van der Waals surface area contributed by atoms with Crippen LogP contribution in [-0.4, -0.2) is 11.5 Å². The van der Waals surface area contributed by atoms with Gasteiger partial charge in [0.2, 0.25) is 0 Å². The van der Waals surface area contributed by atoms with Crippen molar-refractivity contribution in [3.05, 3.63) is 68.3 Å². The van der Waals surface area contributed by atoms with E-state index < -0.39 is 0 Å². The van der Waals surface area contributed by atoms with Crippen molar-refractivity contribution in [2.45, 2.75) is 37.0 Å². The molecule has 0 spiro atoms. The van der Waals surface area contributed by atoms with Crippen LogP contribution in [0.5, 0.6) is 0 Å². The number of ketones is 1. The molecule has 2 aromatic rings. The van der Waals surface area contributed by atoms with E-state index in [9.17, 15) is 10.1 Å². The molecule has 29 heavy (non-hydrogen) atoms. The second-order valence-corrected chi connectivity index (χ2v) is 9.56. The number of allylic oxidation sites excluding steroid dienone is 3.